The second-order valence-corrected chi connectivity index (χ2v) is 9.89. The average molecular weight is 400 g/mol. The van der Waals surface area contributed by atoms with Crippen molar-refractivity contribution in [1.82, 2.24) is 0 Å². The minimum absolute atomic E-state index is 0.0381. The number of hydrogen-bond acceptors (Lipinski definition) is 4. The van der Waals surface area contributed by atoms with Crippen LogP contribution in [0.4, 0.5) is 4.39 Å². The van der Waals surface area contributed by atoms with Crippen LogP contribution in [-0.4, -0.2) is 32.2 Å². The Morgan fingerprint density at radius 2 is 2.14 bits per heavy atom. The largest absolute Gasteiger partial charge is 0.643 e. The van der Waals surface area contributed by atoms with E-state index >= 15 is 0 Å². The molecule has 0 unspecified atom stereocenters. The van der Waals surface area contributed by atoms with Gasteiger partial charge in [0.05, 0.1) is 18.8 Å². The molecule has 0 saturated carbocycles. The topological polar surface area (TPSA) is 65.0 Å². The summed E-state index contributed by atoms with van der Waals surface area (Å²) in [4.78, 5) is 11.0. The van der Waals surface area contributed by atoms with Crippen molar-refractivity contribution in [1.29, 1.82) is 0 Å². The monoisotopic (exact) mass is 400 g/mol. The van der Waals surface area contributed by atoms with Crippen LogP contribution in [0.15, 0.2) is 30.3 Å². The lowest BCUT2D eigenvalue weighted by Gasteiger charge is -2.18. The van der Waals surface area contributed by atoms with Crippen molar-refractivity contribution in [3.05, 3.63) is 52.8 Å². The zero-order valence-electron chi connectivity index (χ0n) is 15.9. The minimum Gasteiger partial charge on any atom is -0.643 e. The quantitative estimate of drug-likeness (QED) is 0.725. The van der Waals surface area contributed by atoms with Crippen LogP contribution in [0.1, 0.15) is 41.6 Å². The van der Waals surface area contributed by atoms with E-state index in [4.69, 9.17) is 18.4 Å². The molecule has 0 bridgehead atoms. The molecule has 0 fully saturated rings. The van der Waals surface area contributed by atoms with Gasteiger partial charge in [-0.3, -0.25) is 4.79 Å². The number of rotatable bonds is 6. The van der Waals surface area contributed by atoms with Crippen LogP contribution in [0, 0.1) is 5.82 Å². The summed E-state index contributed by atoms with van der Waals surface area (Å²) in [7, 11) is 0. The summed E-state index contributed by atoms with van der Waals surface area (Å²) in [5.74, 6) is 4.92. The Labute approximate surface area is 167 Å². The molecule has 2 aromatic rings. The van der Waals surface area contributed by atoms with E-state index in [-0.39, 0.29) is 24.3 Å². The summed E-state index contributed by atoms with van der Waals surface area (Å²) in [6.45, 7) is 0.353. The fourth-order valence-electron chi connectivity index (χ4n) is 4.00. The number of benzene rings is 2. The highest BCUT2D eigenvalue weighted by molar-refractivity contribution is 6.49. The van der Waals surface area contributed by atoms with E-state index in [1.807, 2.05) is 6.07 Å². The van der Waals surface area contributed by atoms with Crippen LogP contribution in [-0.2, 0) is 11.2 Å². The average Bonchev–Trinajstić information content (AvgIpc) is 3.22. The normalized spacial score (nSPS) is 19.5. The Morgan fingerprint density at radius 1 is 1.32 bits per heavy atom. The molecule has 2 aromatic carbocycles. The standard InChI is InChI=1S/C19H17FO5.2CH3.Al/c20-14-4-5-15(21)13-3-6-16(19(13)14)25-11-1-2-12-10(7-18(22)23)9-24-17(12)8-11;;;/h1-2,4-5,8,10,16,21H,3,6-7,9H2,(H,22,23);2*1H3;/q;;;+1/p-1/t10-,16-;;;/m1.../s1. The van der Waals surface area contributed by atoms with Gasteiger partial charge >= 0.3 is 20.5 Å². The van der Waals surface area contributed by atoms with E-state index in [0.717, 1.165) is 23.3 Å². The van der Waals surface area contributed by atoms with Crippen molar-refractivity contribution in [2.24, 2.45) is 0 Å². The minimum atomic E-state index is -1.28. The molecule has 0 spiro atoms. The summed E-state index contributed by atoms with van der Waals surface area (Å²) in [5, 5.41) is 9.02. The first-order valence-corrected chi connectivity index (χ1v) is 12.3. The molecule has 7 heteroatoms. The van der Waals surface area contributed by atoms with Gasteiger partial charge in [0.2, 0.25) is 0 Å². The fraction of sp³-hybridized carbons (Fsp3) is 0.381. The Kier molecular flexibility index (Phi) is 5.22. The Bertz CT molecular complexity index is 914. The van der Waals surface area contributed by atoms with Crippen molar-refractivity contribution in [3.63, 3.8) is 0 Å². The van der Waals surface area contributed by atoms with E-state index in [1.165, 1.54) is 6.07 Å². The predicted octanol–water partition coefficient (Wildman–Crippen LogP) is 4.47. The van der Waals surface area contributed by atoms with Crippen molar-refractivity contribution < 1.29 is 27.6 Å². The maximum absolute atomic E-state index is 14.5. The molecule has 0 aromatic heterocycles. The number of carbonyl (C=O) groups is 1. The van der Waals surface area contributed by atoms with Crippen molar-refractivity contribution in [3.8, 4) is 17.2 Å². The Hall–Kier alpha value is -2.23. The van der Waals surface area contributed by atoms with Gasteiger partial charge in [-0.15, -0.1) is 0 Å². The van der Waals surface area contributed by atoms with Crippen LogP contribution in [0.2, 0.25) is 11.6 Å². The lowest BCUT2D eigenvalue weighted by Crippen LogP contribution is -2.13. The van der Waals surface area contributed by atoms with Crippen LogP contribution >= 0.6 is 0 Å². The number of hydrogen-bond donors (Lipinski definition) is 1. The van der Waals surface area contributed by atoms with E-state index in [0.29, 0.717) is 30.1 Å². The number of aliphatic carboxylic acids is 1. The van der Waals surface area contributed by atoms with Crippen LogP contribution in [0.3, 0.4) is 0 Å². The molecule has 2 atom stereocenters. The van der Waals surface area contributed by atoms with Gasteiger partial charge < -0.3 is 18.4 Å². The zero-order chi connectivity index (χ0) is 19.8. The molecule has 0 amide bonds. The molecule has 5 nitrogen and oxygen atoms in total. The highest BCUT2D eigenvalue weighted by Gasteiger charge is 2.32. The number of fused-ring (bicyclic) bond motifs is 2. The molecule has 1 heterocycles. The van der Waals surface area contributed by atoms with Crippen molar-refractivity contribution in [2.45, 2.75) is 42.9 Å². The summed E-state index contributed by atoms with van der Waals surface area (Å²) in [6, 6.07) is 8.60. The van der Waals surface area contributed by atoms with Crippen LogP contribution in [0.5, 0.6) is 17.2 Å². The first-order chi connectivity index (χ1) is 13.4. The molecule has 0 saturated heterocycles. The number of carboxylic acids is 1. The molecular formula is C21H22AlFO5. The molecule has 1 aliphatic carbocycles. The summed E-state index contributed by atoms with van der Waals surface area (Å²) in [5.41, 5.74) is 2.37. The van der Waals surface area contributed by atoms with Crippen LogP contribution in [0.25, 0.3) is 0 Å². The molecule has 2 aliphatic rings. The number of halogens is 1. The number of carboxylic acid groups (broad SMARTS) is 1. The van der Waals surface area contributed by atoms with Crippen LogP contribution < -0.4 is 13.3 Å². The van der Waals surface area contributed by atoms with Gasteiger partial charge in [0.15, 0.2) is 0 Å². The van der Waals surface area contributed by atoms with Gasteiger partial charge in [0, 0.05) is 28.7 Å². The van der Waals surface area contributed by atoms with E-state index in [1.54, 1.807) is 18.2 Å². The second-order valence-electron chi connectivity index (χ2n) is 7.55. The highest BCUT2D eigenvalue weighted by atomic mass is 27.2. The fourth-order valence-corrected chi connectivity index (χ4v) is 4.73. The summed E-state index contributed by atoms with van der Waals surface area (Å²) < 4.78 is 32.3. The zero-order valence-corrected chi connectivity index (χ0v) is 17.1. The van der Waals surface area contributed by atoms with Gasteiger partial charge in [-0.1, -0.05) is 17.6 Å². The van der Waals surface area contributed by atoms with Gasteiger partial charge in [0.25, 0.3) is 0 Å². The highest BCUT2D eigenvalue weighted by Crippen LogP contribution is 2.43. The smallest absolute Gasteiger partial charge is 0.540 e. The molecule has 4 rings (SSSR count). The molecular weight excluding hydrogens is 378 g/mol. The third-order valence-electron chi connectivity index (χ3n) is 5.17. The maximum Gasteiger partial charge on any atom is 0.540 e. The van der Waals surface area contributed by atoms with Crippen molar-refractivity contribution in [2.75, 3.05) is 6.61 Å². The number of ether oxygens (including phenoxy) is 2. The maximum atomic E-state index is 14.5. The predicted molar refractivity (Wildman–Crippen MR) is 103 cm³/mol. The van der Waals surface area contributed by atoms with Gasteiger partial charge in [0.1, 0.15) is 23.4 Å². The molecule has 1 aliphatic heterocycles. The third-order valence-corrected chi connectivity index (χ3v) is 5.89. The second kappa shape index (κ2) is 7.65. The summed E-state index contributed by atoms with van der Waals surface area (Å²) in [6.07, 6.45) is 1.07. The molecule has 1 N–H and O–H groups in total. The first-order valence-electron chi connectivity index (χ1n) is 9.55. The Morgan fingerprint density at radius 3 is 2.89 bits per heavy atom. The van der Waals surface area contributed by atoms with Gasteiger partial charge in [-0.2, -0.15) is 0 Å². The molecule has 28 heavy (non-hydrogen) atoms. The van der Waals surface area contributed by atoms with Gasteiger partial charge in [-0.05, 0) is 31.0 Å². The van der Waals surface area contributed by atoms with E-state index < -0.39 is 20.5 Å². The third kappa shape index (κ3) is 3.69. The first kappa shape index (κ1) is 19.1. The lowest BCUT2D eigenvalue weighted by molar-refractivity contribution is -0.137. The summed E-state index contributed by atoms with van der Waals surface area (Å²) >= 11 is -1.28. The van der Waals surface area contributed by atoms with E-state index in [9.17, 15) is 9.18 Å². The van der Waals surface area contributed by atoms with E-state index in [2.05, 4.69) is 11.6 Å². The lowest BCUT2D eigenvalue weighted by atomic mass is 9.98. The molecule has 0 radical (unpaired) electrons. The Balaban J connectivity index is 1.56. The molecule has 146 valence electrons. The van der Waals surface area contributed by atoms with Gasteiger partial charge in [-0.25, -0.2) is 4.39 Å². The SMILES string of the molecule is [CH3][Al]([CH3])[O]c1ccc(F)c2c1CC[C@H]2Oc1ccc2c(c1)OC[C@H]2CC(=O)O. The van der Waals surface area contributed by atoms with Crippen molar-refractivity contribution >= 4 is 20.5 Å².